The fourth-order valence-corrected chi connectivity index (χ4v) is 2.82. The summed E-state index contributed by atoms with van der Waals surface area (Å²) in [5.74, 6) is -1.73. The predicted octanol–water partition coefficient (Wildman–Crippen LogP) is 0.378. The second kappa shape index (κ2) is 7.42. The number of pyridine rings is 1. The molecule has 0 saturated heterocycles. The fourth-order valence-electron chi connectivity index (χ4n) is 2.82. The average molecular weight is 368 g/mol. The number of benzene rings is 1. The Kier molecular flexibility index (Phi) is 5.04. The molecule has 3 rings (SSSR count). The van der Waals surface area contributed by atoms with Gasteiger partial charge < -0.3 is 16.5 Å². The van der Waals surface area contributed by atoms with E-state index in [1.807, 2.05) is 24.3 Å². The summed E-state index contributed by atoms with van der Waals surface area (Å²) in [6, 6.07) is 8.44. The lowest BCUT2D eigenvalue weighted by Gasteiger charge is -2.12. The van der Waals surface area contributed by atoms with Crippen molar-refractivity contribution < 1.29 is 14.4 Å². The largest absolute Gasteiger partial charge is 0.370 e. The van der Waals surface area contributed by atoms with Crippen molar-refractivity contribution in [3.8, 4) is 0 Å². The molecule has 0 spiro atoms. The molecular weight excluding hydrogens is 348 g/mol. The third-order valence-electron chi connectivity index (χ3n) is 4.25. The van der Waals surface area contributed by atoms with Gasteiger partial charge in [-0.3, -0.25) is 25.2 Å². The van der Waals surface area contributed by atoms with Gasteiger partial charge in [-0.15, -0.1) is 0 Å². The molecule has 0 unspecified atom stereocenters. The Labute approximate surface area is 154 Å². The number of aryl methyl sites for hydroxylation is 1. The van der Waals surface area contributed by atoms with Crippen LogP contribution in [0, 0.1) is 6.92 Å². The lowest BCUT2D eigenvalue weighted by atomic mass is 10.1. The van der Waals surface area contributed by atoms with E-state index in [1.165, 1.54) is 0 Å². The third kappa shape index (κ3) is 3.87. The van der Waals surface area contributed by atoms with E-state index in [2.05, 4.69) is 20.8 Å². The monoisotopic (exact) mass is 368 g/mol. The van der Waals surface area contributed by atoms with E-state index in [9.17, 15) is 14.4 Å². The molecule has 0 fully saturated rings. The maximum Gasteiger partial charge on any atom is 0.288 e. The Bertz CT molecular complexity index is 1040. The molecule has 0 radical (unpaired) electrons. The van der Waals surface area contributed by atoms with Gasteiger partial charge >= 0.3 is 0 Å². The van der Waals surface area contributed by atoms with Crippen LogP contribution in [-0.2, 0) is 9.59 Å². The lowest BCUT2D eigenvalue weighted by Crippen LogP contribution is -2.49. The first-order valence-electron chi connectivity index (χ1n) is 8.39. The Morgan fingerprint density at radius 3 is 2.67 bits per heavy atom. The van der Waals surface area contributed by atoms with Crippen LogP contribution in [-0.4, -0.2) is 33.7 Å². The molecule has 0 aliphatic carbocycles. The number of nitrogens with two attached hydrogens (primary N) is 2. The van der Waals surface area contributed by atoms with Gasteiger partial charge in [0.05, 0.1) is 17.3 Å². The van der Waals surface area contributed by atoms with E-state index in [1.54, 1.807) is 13.0 Å². The summed E-state index contributed by atoms with van der Waals surface area (Å²) >= 11 is 0. The van der Waals surface area contributed by atoms with Crippen molar-refractivity contribution in [3.05, 3.63) is 41.7 Å². The maximum atomic E-state index is 12.4. The normalized spacial score (nSPS) is 12.1. The Balaban J connectivity index is 1.75. The zero-order chi connectivity index (χ0) is 19.6. The fraction of sp³-hybridized carbons (Fsp3) is 0.222. The number of aromatic amines is 1. The van der Waals surface area contributed by atoms with Gasteiger partial charge in [0.15, 0.2) is 0 Å². The summed E-state index contributed by atoms with van der Waals surface area (Å²) in [7, 11) is 0. The number of nitrogens with one attached hydrogen (secondary N) is 3. The van der Waals surface area contributed by atoms with Crippen LogP contribution in [0.3, 0.4) is 0 Å². The molecule has 9 heteroatoms. The molecule has 27 heavy (non-hydrogen) atoms. The summed E-state index contributed by atoms with van der Waals surface area (Å²) in [5.41, 5.74) is 17.8. The summed E-state index contributed by atoms with van der Waals surface area (Å²) in [5, 5.41) is 1.84. The summed E-state index contributed by atoms with van der Waals surface area (Å²) in [6.45, 7) is 1.80. The van der Waals surface area contributed by atoms with Crippen LogP contribution in [0.25, 0.3) is 21.8 Å². The van der Waals surface area contributed by atoms with Gasteiger partial charge in [-0.25, -0.2) is 4.98 Å². The highest BCUT2D eigenvalue weighted by Gasteiger charge is 2.17. The van der Waals surface area contributed by atoms with E-state index in [4.69, 9.17) is 11.5 Å². The first-order chi connectivity index (χ1) is 12.9. The van der Waals surface area contributed by atoms with Crippen LogP contribution in [0.15, 0.2) is 30.3 Å². The smallest absolute Gasteiger partial charge is 0.288 e. The molecule has 1 atom stereocenters. The number of nitrogens with zero attached hydrogens (tertiary/aromatic N) is 1. The van der Waals surface area contributed by atoms with Crippen molar-refractivity contribution in [2.45, 2.75) is 25.8 Å². The molecule has 0 aliphatic rings. The molecule has 1 aromatic carbocycles. The van der Waals surface area contributed by atoms with Crippen LogP contribution >= 0.6 is 0 Å². The van der Waals surface area contributed by atoms with Crippen LogP contribution in [0.4, 0.5) is 0 Å². The number of carbonyl (C=O) groups excluding carboxylic acids is 3. The molecule has 0 aliphatic heterocycles. The molecule has 140 valence electrons. The summed E-state index contributed by atoms with van der Waals surface area (Å²) in [4.78, 5) is 42.6. The van der Waals surface area contributed by atoms with Crippen molar-refractivity contribution in [3.63, 3.8) is 0 Å². The predicted molar refractivity (Wildman–Crippen MR) is 100 cm³/mol. The number of hydrazine groups is 1. The minimum absolute atomic E-state index is 0.0134. The number of hydrogen-bond acceptors (Lipinski definition) is 5. The van der Waals surface area contributed by atoms with Crippen molar-refractivity contribution in [1.82, 2.24) is 20.8 Å². The van der Waals surface area contributed by atoms with Gasteiger partial charge in [-0.1, -0.05) is 18.2 Å². The van der Waals surface area contributed by atoms with Gasteiger partial charge in [0.25, 0.3) is 11.8 Å². The average Bonchev–Trinajstić information content (AvgIpc) is 3.03. The molecule has 2 heterocycles. The minimum Gasteiger partial charge on any atom is -0.370 e. The standard InChI is InChI=1S/C18H20N6O3/c1-9-16-11(10-4-2-3-5-13(10)22-16)8-14(21-9)18(27)24-23-17(26)12(19)6-7-15(20)25/h2-5,8,12,22H,6-7,19H2,1H3,(H2,20,25)(H,23,26)(H,24,27)/t12-/m0/s1. The minimum atomic E-state index is -0.955. The van der Waals surface area contributed by atoms with E-state index in [-0.39, 0.29) is 18.5 Å². The second-order valence-electron chi connectivity index (χ2n) is 6.24. The zero-order valence-corrected chi connectivity index (χ0v) is 14.7. The number of carbonyl (C=O) groups is 3. The third-order valence-corrected chi connectivity index (χ3v) is 4.25. The Hall–Kier alpha value is -3.46. The number of primary amides is 1. The van der Waals surface area contributed by atoms with E-state index < -0.39 is 23.8 Å². The van der Waals surface area contributed by atoms with Crippen molar-refractivity contribution in [1.29, 1.82) is 0 Å². The van der Waals surface area contributed by atoms with Gasteiger partial charge in [-0.05, 0) is 25.5 Å². The van der Waals surface area contributed by atoms with Crippen LogP contribution < -0.4 is 22.3 Å². The quantitative estimate of drug-likeness (QED) is 0.412. The molecular formula is C18H20N6O3. The number of hydrogen-bond donors (Lipinski definition) is 5. The topological polar surface area (TPSA) is 156 Å². The SMILES string of the molecule is Cc1nc(C(=O)NNC(=O)[C@@H](N)CCC(N)=O)cc2c1[nH]c1ccccc12. The highest BCUT2D eigenvalue weighted by Crippen LogP contribution is 2.27. The number of fused-ring (bicyclic) bond motifs is 3. The Morgan fingerprint density at radius 1 is 1.19 bits per heavy atom. The maximum absolute atomic E-state index is 12.4. The van der Waals surface area contributed by atoms with E-state index in [0.717, 1.165) is 21.8 Å². The molecule has 0 saturated carbocycles. The number of amides is 3. The molecule has 3 aromatic rings. The summed E-state index contributed by atoms with van der Waals surface area (Å²) in [6.07, 6.45) is 0.0796. The highest BCUT2D eigenvalue weighted by molar-refractivity contribution is 6.10. The van der Waals surface area contributed by atoms with Crippen molar-refractivity contribution in [2.75, 3.05) is 0 Å². The number of H-pyrrole nitrogens is 1. The Morgan fingerprint density at radius 2 is 1.93 bits per heavy atom. The molecule has 0 bridgehead atoms. The molecule has 3 amide bonds. The first kappa shape index (κ1) is 18.3. The summed E-state index contributed by atoms with van der Waals surface area (Å²) < 4.78 is 0. The second-order valence-corrected chi connectivity index (χ2v) is 6.24. The van der Waals surface area contributed by atoms with Crippen LogP contribution in [0.1, 0.15) is 29.0 Å². The van der Waals surface area contributed by atoms with Crippen molar-refractivity contribution in [2.24, 2.45) is 11.5 Å². The van der Waals surface area contributed by atoms with Crippen molar-refractivity contribution >= 4 is 39.5 Å². The van der Waals surface area contributed by atoms with Gasteiger partial charge in [-0.2, -0.15) is 0 Å². The number of aromatic nitrogens is 2. The van der Waals surface area contributed by atoms with E-state index >= 15 is 0 Å². The molecule has 7 N–H and O–H groups in total. The zero-order valence-electron chi connectivity index (χ0n) is 14.7. The van der Waals surface area contributed by atoms with E-state index in [0.29, 0.717) is 5.69 Å². The number of rotatable bonds is 5. The van der Waals surface area contributed by atoms with Gasteiger partial charge in [0.1, 0.15) is 5.69 Å². The van der Waals surface area contributed by atoms with Crippen LogP contribution in [0.5, 0.6) is 0 Å². The van der Waals surface area contributed by atoms with Gasteiger partial charge in [0.2, 0.25) is 5.91 Å². The van der Waals surface area contributed by atoms with Crippen LogP contribution in [0.2, 0.25) is 0 Å². The lowest BCUT2D eigenvalue weighted by molar-refractivity contribution is -0.123. The highest BCUT2D eigenvalue weighted by atomic mass is 16.2. The number of para-hydroxylation sites is 1. The molecule has 9 nitrogen and oxygen atoms in total. The first-order valence-corrected chi connectivity index (χ1v) is 8.39. The molecule has 2 aromatic heterocycles. The van der Waals surface area contributed by atoms with Gasteiger partial charge in [0, 0.05) is 22.7 Å².